The summed E-state index contributed by atoms with van der Waals surface area (Å²) in [6.45, 7) is 4.08. The Morgan fingerprint density at radius 1 is 1.24 bits per heavy atom. The summed E-state index contributed by atoms with van der Waals surface area (Å²) in [6.07, 6.45) is 1.14. The number of nitrogens with zero attached hydrogens (tertiary/aromatic N) is 1. The Morgan fingerprint density at radius 3 is 2.90 bits per heavy atom. The Balaban J connectivity index is 1.65. The lowest BCUT2D eigenvalue weighted by molar-refractivity contribution is 0.472. The van der Waals surface area contributed by atoms with Crippen LogP contribution in [0, 0.1) is 0 Å². The van der Waals surface area contributed by atoms with Crippen molar-refractivity contribution in [3.63, 3.8) is 0 Å². The number of anilines is 1. The number of hydrogen-bond donors (Lipinski definition) is 2. The molecule has 21 heavy (non-hydrogen) atoms. The lowest BCUT2D eigenvalue weighted by Crippen LogP contribution is -2.18. The molecular formula is C18H22N2O. The number of phenols is 1. The smallest absolute Gasteiger partial charge is 0.115 e. The van der Waals surface area contributed by atoms with Gasteiger partial charge in [-0.3, -0.25) is 0 Å². The maximum absolute atomic E-state index is 9.55. The molecule has 1 aliphatic rings. The predicted molar refractivity (Wildman–Crippen MR) is 86.8 cm³/mol. The van der Waals surface area contributed by atoms with Crippen LogP contribution < -0.4 is 10.2 Å². The van der Waals surface area contributed by atoms with E-state index in [0.717, 1.165) is 25.1 Å². The zero-order chi connectivity index (χ0) is 14.8. The van der Waals surface area contributed by atoms with Crippen LogP contribution in [0.4, 0.5) is 5.69 Å². The van der Waals surface area contributed by atoms with Crippen molar-refractivity contribution < 1.29 is 5.11 Å². The molecule has 1 unspecified atom stereocenters. The van der Waals surface area contributed by atoms with Gasteiger partial charge in [0.15, 0.2) is 0 Å². The fourth-order valence-corrected chi connectivity index (χ4v) is 2.91. The van der Waals surface area contributed by atoms with Crippen LogP contribution >= 0.6 is 0 Å². The number of likely N-dealkylation sites (N-methyl/N-ethyl adjacent to an activating group) is 1. The zero-order valence-corrected chi connectivity index (χ0v) is 12.6. The van der Waals surface area contributed by atoms with Gasteiger partial charge < -0.3 is 15.3 Å². The van der Waals surface area contributed by atoms with Gasteiger partial charge in [0.25, 0.3) is 0 Å². The highest BCUT2D eigenvalue weighted by Crippen LogP contribution is 2.27. The van der Waals surface area contributed by atoms with Crippen LogP contribution in [-0.4, -0.2) is 18.7 Å². The summed E-state index contributed by atoms with van der Waals surface area (Å²) in [5.74, 6) is 0.321. The van der Waals surface area contributed by atoms with Gasteiger partial charge >= 0.3 is 0 Å². The molecule has 0 saturated carbocycles. The van der Waals surface area contributed by atoms with Crippen molar-refractivity contribution in [2.45, 2.75) is 25.9 Å². The molecule has 2 aromatic carbocycles. The Kier molecular flexibility index (Phi) is 3.84. The van der Waals surface area contributed by atoms with Gasteiger partial charge in [0.1, 0.15) is 5.75 Å². The zero-order valence-electron chi connectivity index (χ0n) is 12.6. The molecule has 1 aliphatic heterocycles. The highest BCUT2D eigenvalue weighted by atomic mass is 16.3. The minimum Gasteiger partial charge on any atom is -0.508 e. The third kappa shape index (κ3) is 3.03. The minimum absolute atomic E-state index is 0.216. The van der Waals surface area contributed by atoms with Gasteiger partial charge in [0, 0.05) is 31.9 Å². The van der Waals surface area contributed by atoms with Crippen molar-refractivity contribution in [2.75, 3.05) is 18.5 Å². The molecule has 3 nitrogen and oxygen atoms in total. The maximum Gasteiger partial charge on any atom is 0.115 e. The van der Waals surface area contributed by atoms with Crippen LogP contribution in [0.25, 0.3) is 0 Å². The molecule has 1 heterocycles. The first-order valence-corrected chi connectivity index (χ1v) is 7.49. The van der Waals surface area contributed by atoms with Crippen molar-refractivity contribution in [3.05, 3.63) is 59.2 Å². The second-order valence-electron chi connectivity index (χ2n) is 5.83. The lowest BCUT2D eigenvalue weighted by Gasteiger charge is -2.16. The number of aromatic hydroxyl groups is 1. The Labute approximate surface area is 126 Å². The molecule has 1 atom stereocenters. The van der Waals surface area contributed by atoms with Gasteiger partial charge in [-0.05, 0) is 48.2 Å². The predicted octanol–water partition coefficient (Wildman–Crippen LogP) is 3.24. The van der Waals surface area contributed by atoms with E-state index in [0.29, 0.717) is 5.75 Å². The summed E-state index contributed by atoms with van der Waals surface area (Å²) in [5, 5.41) is 13.1. The van der Waals surface area contributed by atoms with E-state index in [1.54, 1.807) is 6.07 Å². The fraction of sp³-hybridized carbons (Fsp3) is 0.333. The number of benzene rings is 2. The van der Waals surface area contributed by atoms with E-state index < -0.39 is 0 Å². The summed E-state index contributed by atoms with van der Waals surface area (Å²) in [4.78, 5) is 2.31. The third-order valence-electron chi connectivity index (χ3n) is 4.25. The van der Waals surface area contributed by atoms with Gasteiger partial charge in [-0.15, -0.1) is 0 Å². The second kappa shape index (κ2) is 5.78. The van der Waals surface area contributed by atoms with E-state index in [9.17, 15) is 5.11 Å². The van der Waals surface area contributed by atoms with Crippen LogP contribution in [0.3, 0.4) is 0 Å². The van der Waals surface area contributed by atoms with E-state index in [2.05, 4.69) is 42.4 Å². The van der Waals surface area contributed by atoms with Crippen LogP contribution in [0.2, 0.25) is 0 Å². The molecule has 0 aliphatic carbocycles. The summed E-state index contributed by atoms with van der Waals surface area (Å²) in [5.41, 5.74) is 5.23. The lowest BCUT2D eigenvalue weighted by atomic mass is 10.1. The van der Waals surface area contributed by atoms with Gasteiger partial charge in [-0.25, -0.2) is 0 Å². The first-order valence-electron chi connectivity index (χ1n) is 7.49. The van der Waals surface area contributed by atoms with Crippen LogP contribution in [-0.2, 0) is 13.0 Å². The fourth-order valence-electron chi connectivity index (χ4n) is 2.91. The van der Waals surface area contributed by atoms with E-state index in [1.807, 2.05) is 18.2 Å². The summed E-state index contributed by atoms with van der Waals surface area (Å²) in [7, 11) is 2.15. The summed E-state index contributed by atoms with van der Waals surface area (Å²) in [6, 6.07) is 14.4. The van der Waals surface area contributed by atoms with Gasteiger partial charge in [-0.1, -0.05) is 24.3 Å². The largest absolute Gasteiger partial charge is 0.508 e. The molecule has 0 amide bonds. The standard InChI is InChI=1S/C18H22N2O/c1-13(15-4-3-5-17(21)11-15)19-12-14-6-7-18-16(10-14)8-9-20(18)2/h3-7,10-11,13,19,21H,8-9,12H2,1-2H3. The van der Waals surface area contributed by atoms with Crippen molar-refractivity contribution in [1.82, 2.24) is 5.32 Å². The quantitative estimate of drug-likeness (QED) is 0.903. The Morgan fingerprint density at radius 2 is 2.10 bits per heavy atom. The SMILES string of the molecule is CC(NCc1ccc2c(c1)CCN2C)c1cccc(O)c1. The van der Waals surface area contributed by atoms with E-state index >= 15 is 0 Å². The molecule has 3 heteroatoms. The minimum atomic E-state index is 0.216. The van der Waals surface area contributed by atoms with E-state index in [4.69, 9.17) is 0 Å². The normalized spacial score (nSPS) is 15.0. The first kappa shape index (κ1) is 14.0. The average Bonchev–Trinajstić information content (AvgIpc) is 2.86. The average molecular weight is 282 g/mol. The Bertz CT molecular complexity index is 639. The molecule has 0 fully saturated rings. The molecule has 0 saturated heterocycles. The monoisotopic (exact) mass is 282 g/mol. The molecule has 0 aromatic heterocycles. The van der Waals surface area contributed by atoms with Gasteiger partial charge in [0.2, 0.25) is 0 Å². The van der Waals surface area contributed by atoms with Crippen molar-refractivity contribution in [3.8, 4) is 5.75 Å². The maximum atomic E-state index is 9.55. The van der Waals surface area contributed by atoms with Gasteiger partial charge in [0.05, 0.1) is 0 Å². The third-order valence-corrected chi connectivity index (χ3v) is 4.25. The second-order valence-corrected chi connectivity index (χ2v) is 5.83. The number of nitrogens with one attached hydrogen (secondary N) is 1. The molecule has 0 bridgehead atoms. The van der Waals surface area contributed by atoms with Crippen LogP contribution in [0.5, 0.6) is 5.75 Å². The number of fused-ring (bicyclic) bond motifs is 1. The molecule has 110 valence electrons. The molecule has 0 radical (unpaired) electrons. The van der Waals surface area contributed by atoms with Crippen LogP contribution in [0.15, 0.2) is 42.5 Å². The molecule has 2 aromatic rings. The van der Waals surface area contributed by atoms with Crippen molar-refractivity contribution >= 4 is 5.69 Å². The molecular weight excluding hydrogens is 260 g/mol. The molecule has 0 spiro atoms. The van der Waals surface area contributed by atoms with E-state index in [-0.39, 0.29) is 6.04 Å². The number of hydrogen-bond acceptors (Lipinski definition) is 3. The van der Waals surface area contributed by atoms with Crippen molar-refractivity contribution in [1.29, 1.82) is 0 Å². The molecule has 3 rings (SSSR count). The Hall–Kier alpha value is -2.00. The van der Waals surface area contributed by atoms with E-state index in [1.165, 1.54) is 16.8 Å². The highest BCUT2D eigenvalue weighted by molar-refractivity contribution is 5.58. The summed E-state index contributed by atoms with van der Waals surface area (Å²) >= 11 is 0. The first-order chi connectivity index (χ1) is 10.1. The number of phenolic OH excluding ortho intramolecular Hbond substituents is 1. The number of rotatable bonds is 4. The molecule has 2 N–H and O–H groups in total. The topological polar surface area (TPSA) is 35.5 Å². The summed E-state index contributed by atoms with van der Waals surface area (Å²) < 4.78 is 0. The van der Waals surface area contributed by atoms with Crippen LogP contribution in [0.1, 0.15) is 29.7 Å². The van der Waals surface area contributed by atoms with Crippen molar-refractivity contribution in [2.24, 2.45) is 0 Å². The highest BCUT2D eigenvalue weighted by Gasteiger charge is 2.15. The van der Waals surface area contributed by atoms with Gasteiger partial charge in [-0.2, -0.15) is 0 Å².